The number of nitrogens with one attached hydrogen (secondary N) is 1. The number of fused-ring (bicyclic) bond motifs is 2. The molecule has 2 aliphatic rings. The summed E-state index contributed by atoms with van der Waals surface area (Å²) in [6.45, 7) is 2.56. The van der Waals surface area contributed by atoms with Gasteiger partial charge < -0.3 is 20.9 Å². The third-order valence-corrected chi connectivity index (χ3v) is 10.7. The fraction of sp³-hybridized carbons (Fsp3) is 0.295. The Morgan fingerprint density at radius 2 is 1.49 bits per heavy atom. The van der Waals surface area contributed by atoms with Crippen molar-refractivity contribution in [1.29, 1.82) is 0 Å². The van der Waals surface area contributed by atoms with Gasteiger partial charge in [-0.2, -0.15) is 0 Å². The number of carbonyl (C=O) groups is 3. The van der Waals surface area contributed by atoms with E-state index in [0.29, 0.717) is 25.3 Å². The second kappa shape index (κ2) is 15.2. The minimum atomic E-state index is -0.868. The fourth-order valence-electron chi connectivity index (χ4n) is 7.78. The lowest BCUT2D eigenvalue weighted by atomic mass is 9.74. The lowest BCUT2D eigenvalue weighted by Crippen LogP contribution is -2.54. The molecule has 1 fully saturated rings. The molecule has 1 saturated carbocycles. The molecule has 7 rings (SSSR count). The van der Waals surface area contributed by atoms with Gasteiger partial charge in [-0.05, 0) is 82.6 Å². The van der Waals surface area contributed by atoms with Crippen LogP contribution in [0.3, 0.4) is 0 Å². The van der Waals surface area contributed by atoms with Gasteiger partial charge in [-0.3, -0.25) is 14.4 Å². The smallest absolute Gasteiger partial charge is 0.251 e. The first-order valence-electron chi connectivity index (χ1n) is 18.3. The van der Waals surface area contributed by atoms with E-state index in [1.54, 1.807) is 4.90 Å². The number of amides is 3. The third kappa shape index (κ3) is 7.39. The van der Waals surface area contributed by atoms with Crippen LogP contribution in [0.1, 0.15) is 51.0 Å². The zero-order chi connectivity index (χ0) is 35.3. The quantitative estimate of drug-likeness (QED) is 0.139. The Bertz CT molecular complexity index is 2020. The Morgan fingerprint density at radius 3 is 2.22 bits per heavy atom. The molecule has 3 N–H and O–H groups in total. The van der Waals surface area contributed by atoms with Gasteiger partial charge in [0.2, 0.25) is 11.8 Å². The van der Waals surface area contributed by atoms with Crippen molar-refractivity contribution < 1.29 is 14.4 Å². The van der Waals surface area contributed by atoms with E-state index in [1.165, 1.54) is 10.8 Å². The van der Waals surface area contributed by atoms with Crippen molar-refractivity contribution in [1.82, 2.24) is 5.32 Å². The van der Waals surface area contributed by atoms with Gasteiger partial charge in [-0.1, -0.05) is 118 Å². The molecule has 1 heterocycles. The number of nitrogens with two attached hydrogens (primary N) is 1. The lowest BCUT2D eigenvalue weighted by molar-refractivity contribution is -0.136. The van der Waals surface area contributed by atoms with E-state index in [-0.39, 0.29) is 18.4 Å². The van der Waals surface area contributed by atoms with Crippen molar-refractivity contribution >= 4 is 45.6 Å². The van der Waals surface area contributed by atoms with Crippen LogP contribution >= 0.6 is 0 Å². The van der Waals surface area contributed by atoms with Crippen LogP contribution in [0.2, 0.25) is 0 Å². The SMILES string of the molecule is CCC[C@H](C(N)=O)[C@@H](CC1CCC1)C(=O)NC1CN(c2ccccc2)c2ccccc2N(Cc2cccc(-c3ccc4ccccc4c3)c2)C1=O. The highest BCUT2D eigenvalue weighted by atomic mass is 16.2. The van der Waals surface area contributed by atoms with Crippen molar-refractivity contribution in [2.24, 2.45) is 23.5 Å². The summed E-state index contributed by atoms with van der Waals surface area (Å²) in [6, 6.07) is 40.1. The second-order valence-corrected chi connectivity index (χ2v) is 14.1. The van der Waals surface area contributed by atoms with Gasteiger partial charge in [0.1, 0.15) is 6.04 Å². The summed E-state index contributed by atoms with van der Waals surface area (Å²) in [5.74, 6) is -1.68. The molecule has 5 aromatic carbocycles. The van der Waals surface area contributed by atoms with Crippen LogP contribution in [0.15, 0.2) is 121 Å². The fourth-order valence-corrected chi connectivity index (χ4v) is 7.78. The van der Waals surface area contributed by atoms with E-state index in [1.807, 2.05) is 85.8 Å². The van der Waals surface area contributed by atoms with Crippen LogP contribution in [-0.2, 0) is 20.9 Å². The van der Waals surface area contributed by atoms with E-state index in [0.717, 1.165) is 59.4 Å². The molecule has 5 aromatic rings. The predicted molar refractivity (Wildman–Crippen MR) is 205 cm³/mol. The number of primary amides is 1. The van der Waals surface area contributed by atoms with Crippen molar-refractivity contribution in [2.45, 2.75) is 58.0 Å². The minimum Gasteiger partial charge on any atom is -0.369 e. The minimum absolute atomic E-state index is 0.196. The summed E-state index contributed by atoms with van der Waals surface area (Å²) < 4.78 is 0. The van der Waals surface area contributed by atoms with Crippen molar-refractivity contribution in [3.8, 4) is 11.1 Å². The summed E-state index contributed by atoms with van der Waals surface area (Å²) >= 11 is 0. The normalized spacial score (nSPS) is 17.3. The Morgan fingerprint density at radius 1 is 0.784 bits per heavy atom. The number of hydrogen-bond acceptors (Lipinski definition) is 4. The molecule has 51 heavy (non-hydrogen) atoms. The van der Waals surface area contributed by atoms with Gasteiger partial charge in [0.15, 0.2) is 0 Å². The highest BCUT2D eigenvalue weighted by Gasteiger charge is 2.40. The van der Waals surface area contributed by atoms with Crippen LogP contribution in [0, 0.1) is 17.8 Å². The topological polar surface area (TPSA) is 95.7 Å². The molecule has 7 heteroatoms. The predicted octanol–water partition coefficient (Wildman–Crippen LogP) is 8.38. The second-order valence-electron chi connectivity index (χ2n) is 14.1. The summed E-state index contributed by atoms with van der Waals surface area (Å²) in [6.07, 6.45) is 5.12. The molecule has 3 amide bonds. The van der Waals surface area contributed by atoms with Gasteiger partial charge in [-0.25, -0.2) is 0 Å². The highest BCUT2D eigenvalue weighted by Crippen LogP contribution is 2.39. The molecule has 0 aromatic heterocycles. The number of benzene rings is 5. The maximum Gasteiger partial charge on any atom is 0.251 e. The summed E-state index contributed by atoms with van der Waals surface area (Å²) in [5, 5.41) is 5.54. The maximum atomic E-state index is 14.9. The Hall–Kier alpha value is -5.43. The van der Waals surface area contributed by atoms with E-state index in [4.69, 9.17) is 5.73 Å². The van der Waals surface area contributed by atoms with Gasteiger partial charge in [-0.15, -0.1) is 0 Å². The molecular weight excluding hydrogens is 633 g/mol. The number of para-hydroxylation sites is 3. The molecule has 0 bridgehead atoms. The van der Waals surface area contributed by atoms with E-state index in [2.05, 4.69) is 52.7 Å². The van der Waals surface area contributed by atoms with E-state index in [9.17, 15) is 14.4 Å². The van der Waals surface area contributed by atoms with Crippen LogP contribution in [-0.4, -0.2) is 30.3 Å². The largest absolute Gasteiger partial charge is 0.369 e. The van der Waals surface area contributed by atoms with Crippen LogP contribution in [0.5, 0.6) is 0 Å². The van der Waals surface area contributed by atoms with Crippen LogP contribution in [0.25, 0.3) is 21.9 Å². The van der Waals surface area contributed by atoms with Crippen molar-refractivity contribution in [3.05, 3.63) is 127 Å². The first-order valence-corrected chi connectivity index (χ1v) is 18.3. The number of nitrogens with zero attached hydrogens (tertiary/aromatic N) is 2. The Labute approximate surface area is 300 Å². The zero-order valence-electron chi connectivity index (χ0n) is 29.2. The highest BCUT2D eigenvalue weighted by molar-refractivity contribution is 6.04. The lowest BCUT2D eigenvalue weighted by Gasteiger charge is -2.33. The monoisotopic (exact) mass is 678 g/mol. The number of rotatable bonds is 12. The van der Waals surface area contributed by atoms with Crippen molar-refractivity contribution in [2.75, 3.05) is 16.3 Å². The summed E-state index contributed by atoms with van der Waals surface area (Å²) in [7, 11) is 0. The molecule has 1 aliphatic carbocycles. The molecule has 0 radical (unpaired) electrons. The Balaban J connectivity index is 1.25. The van der Waals surface area contributed by atoms with E-state index < -0.39 is 23.8 Å². The molecule has 3 atom stereocenters. The third-order valence-electron chi connectivity index (χ3n) is 10.7. The van der Waals surface area contributed by atoms with Gasteiger partial charge in [0, 0.05) is 17.5 Å². The Kier molecular flexibility index (Phi) is 10.2. The first-order chi connectivity index (χ1) is 24.9. The molecule has 1 unspecified atom stereocenters. The van der Waals surface area contributed by atoms with Gasteiger partial charge in [0.25, 0.3) is 5.91 Å². The average Bonchev–Trinajstić information content (AvgIpc) is 3.25. The van der Waals surface area contributed by atoms with Gasteiger partial charge >= 0.3 is 0 Å². The van der Waals surface area contributed by atoms with Crippen LogP contribution < -0.4 is 20.9 Å². The molecule has 7 nitrogen and oxygen atoms in total. The van der Waals surface area contributed by atoms with Gasteiger partial charge in [0.05, 0.1) is 24.5 Å². The zero-order valence-corrected chi connectivity index (χ0v) is 29.2. The number of carbonyl (C=O) groups excluding carboxylic acids is 3. The summed E-state index contributed by atoms with van der Waals surface area (Å²) in [5.41, 5.74) is 11.6. The van der Waals surface area contributed by atoms with Crippen LogP contribution in [0.4, 0.5) is 17.1 Å². The molecule has 0 spiro atoms. The molecule has 0 saturated heterocycles. The van der Waals surface area contributed by atoms with E-state index >= 15 is 0 Å². The average molecular weight is 679 g/mol. The standard InChI is InChI=1S/C44H46N4O3/c1-2-12-37(42(45)49)38(26-30-13-10-14-30)43(50)46-39-29-47(36-19-4-3-5-20-36)40-21-8-9-22-41(40)48(44(39)51)28-31-15-11-18-33(25-31)35-24-23-32-16-6-7-17-34(32)27-35/h3-9,11,15-25,27,30,37-39H,2,10,12-14,26,28-29H2,1H3,(H2,45,49)(H,46,50)/t37-,38+,39?/m0/s1. The number of hydrogen-bond donors (Lipinski definition) is 2. The maximum absolute atomic E-state index is 14.9. The first kappa shape index (κ1) is 34.0. The molecular formula is C44H46N4O3. The van der Waals surface area contributed by atoms with Crippen molar-refractivity contribution in [3.63, 3.8) is 0 Å². The summed E-state index contributed by atoms with van der Waals surface area (Å²) in [4.78, 5) is 45.8. The molecule has 1 aliphatic heterocycles. The molecule has 260 valence electrons. The number of anilines is 3.